The normalized spacial score (nSPS) is 9.70. The molecule has 3 aromatic rings. The van der Waals surface area contributed by atoms with Crippen LogP contribution < -0.4 is 0 Å². The van der Waals surface area contributed by atoms with E-state index in [1.165, 1.54) is 6.07 Å². The SMILES string of the molecule is C=C(C)C(=O)OCc1ccccc1C#Cc1ccc(C#Cc2ccccc2COC(=O)C(=C)C)c(F)c1. The number of benzene rings is 3. The standard InChI is InChI=1S/C32H25FO4/c1-22(2)31(34)36-20-28-11-7-5-9-25(28)15-13-24-14-16-27(30(33)19-24)18-17-26-10-6-8-12-29(26)21-37-32(35)23(3)4/h5-12,14,16,19H,1,3,20-21H2,2,4H3. The lowest BCUT2D eigenvalue weighted by Crippen LogP contribution is -2.05. The molecule has 0 spiro atoms. The van der Waals surface area contributed by atoms with Crippen molar-refractivity contribution in [3.05, 3.63) is 130 Å². The third-order valence-electron chi connectivity index (χ3n) is 5.09. The predicted octanol–water partition coefficient (Wildman–Crippen LogP) is 5.86. The molecule has 4 nitrogen and oxygen atoms in total. The zero-order valence-electron chi connectivity index (χ0n) is 20.7. The third-order valence-corrected chi connectivity index (χ3v) is 5.09. The minimum absolute atomic E-state index is 0.0431. The van der Waals surface area contributed by atoms with Crippen LogP contribution in [0, 0.1) is 29.5 Å². The zero-order chi connectivity index (χ0) is 26.8. The van der Waals surface area contributed by atoms with Crippen molar-refractivity contribution in [3.63, 3.8) is 0 Å². The Morgan fingerprint density at radius 3 is 1.65 bits per heavy atom. The maximum Gasteiger partial charge on any atom is 0.333 e. The van der Waals surface area contributed by atoms with E-state index >= 15 is 0 Å². The van der Waals surface area contributed by atoms with Crippen LogP contribution in [0.25, 0.3) is 0 Å². The Labute approximate surface area is 216 Å². The van der Waals surface area contributed by atoms with Crippen LogP contribution in [0.15, 0.2) is 91.0 Å². The van der Waals surface area contributed by atoms with Crippen LogP contribution in [0.1, 0.15) is 47.2 Å². The van der Waals surface area contributed by atoms with Gasteiger partial charge in [0, 0.05) is 39.0 Å². The molecular weight excluding hydrogens is 467 g/mol. The Morgan fingerprint density at radius 1 is 0.703 bits per heavy atom. The highest BCUT2D eigenvalue weighted by Crippen LogP contribution is 2.14. The van der Waals surface area contributed by atoms with Crippen molar-refractivity contribution >= 4 is 11.9 Å². The van der Waals surface area contributed by atoms with E-state index in [0.29, 0.717) is 33.4 Å². The Balaban J connectivity index is 1.76. The molecule has 0 aliphatic heterocycles. The van der Waals surface area contributed by atoms with Crippen molar-refractivity contribution < 1.29 is 23.5 Å². The molecule has 0 aliphatic rings. The Kier molecular flexibility index (Phi) is 9.19. The van der Waals surface area contributed by atoms with Gasteiger partial charge in [-0.2, -0.15) is 0 Å². The van der Waals surface area contributed by atoms with Crippen molar-refractivity contribution in [1.82, 2.24) is 0 Å². The monoisotopic (exact) mass is 492 g/mol. The van der Waals surface area contributed by atoms with E-state index < -0.39 is 17.8 Å². The number of ether oxygens (including phenoxy) is 2. The molecule has 0 saturated carbocycles. The van der Waals surface area contributed by atoms with Crippen LogP contribution in [0.3, 0.4) is 0 Å². The quantitative estimate of drug-likeness (QED) is 0.246. The average molecular weight is 493 g/mol. The minimum Gasteiger partial charge on any atom is -0.457 e. The summed E-state index contributed by atoms with van der Waals surface area (Å²) in [6.45, 7) is 10.4. The summed E-state index contributed by atoms with van der Waals surface area (Å²) in [5.74, 6) is 10.3. The van der Waals surface area contributed by atoms with Crippen LogP contribution in [0.5, 0.6) is 0 Å². The highest BCUT2D eigenvalue weighted by atomic mass is 19.1. The maximum atomic E-state index is 14.8. The number of esters is 2. The number of hydrogen-bond donors (Lipinski definition) is 0. The molecule has 37 heavy (non-hydrogen) atoms. The van der Waals surface area contributed by atoms with Crippen molar-refractivity contribution in [2.75, 3.05) is 0 Å². The van der Waals surface area contributed by atoms with E-state index in [-0.39, 0.29) is 18.8 Å². The first-order chi connectivity index (χ1) is 17.7. The highest BCUT2D eigenvalue weighted by Gasteiger charge is 2.08. The smallest absolute Gasteiger partial charge is 0.333 e. The van der Waals surface area contributed by atoms with Crippen LogP contribution in [0.2, 0.25) is 0 Å². The molecule has 0 amide bonds. The van der Waals surface area contributed by atoms with Gasteiger partial charge in [-0.25, -0.2) is 14.0 Å². The van der Waals surface area contributed by atoms with E-state index in [0.717, 1.165) is 5.56 Å². The van der Waals surface area contributed by atoms with E-state index in [9.17, 15) is 14.0 Å². The number of hydrogen-bond acceptors (Lipinski definition) is 4. The van der Waals surface area contributed by atoms with Gasteiger partial charge in [0.25, 0.3) is 0 Å². The highest BCUT2D eigenvalue weighted by molar-refractivity contribution is 5.87. The number of carbonyl (C=O) groups is 2. The molecule has 0 bridgehead atoms. The Bertz CT molecular complexity index is 1490. The van der Waals surface area contributed by atoms with Gasteiger partial charge in [0.1, 0.15) is 19.0 Å². The first kappa shape index (κ1) is 26.7. The van der Waals surface area contributed by atoms with Crippen LogP contribution in [-0.4, -0.2) is 11.9 Å². The topological polar surface area (TPSA) is 52.6 Å². The van der Waals surface area contributed by atoms with Crippen molar-refractivity contribution in [1.29, 1.82) is 0 Å². The fourth-order valence-corrected chi connectivity index (χ4v) is 3.04. The molecule has 0 aromatic heterocycles. The fourth-order valence-electron chi connectivity index (χ4n) is 3.04. The number of carbonyl (C=O) groups excluding carboxylic acids is 2. The van der Waals surface area contributed by atoms with E-state index in [4.69, 9.17) is 9.47 Å². The van der Waals surface area contributed by atoms with Crippen molar-refractivity contribution in [3.8, 4) is 23.7 Å². The second-order valence-corrected chi connectivity index (χ2v) is 8.22. The summed E-state index contributed by atoms with van der Waals surface area (Å²) in [6, 6.07) is 19.0. The Morgan fingerprint density at radius 2 is 1.16 bits per heavy atom. The van der Waals surface area contributed by atoms with Gasteiger partial charge < -0.3 is 9.47 Å². The summed E-state index contributed by atoms with van der Waals surface area (Å²) in [4.78, 5) is 23.4. The van der Waals surface area contributed by atoms with E-state index in [2.05, 4.69) is 36.8 Å². The van der Waals surface area contributed by atoms with Gasteiger partial charge in [0.05, 0.1) is 5.56 Å². The first-order valence-electron chi connectivity index (χ1n) is 11.4. The summed E-state index contributed by atoms with van der Waals surface area (Å²) in [5, 5.41) is 0. The molecule has 0 atom stereocenters. The van der Waals surface area contributed by atoms with Gasteiger partial charge in [-0.15, -0.1) is 0 Å². The second-order valence-electron chi connectivity index (χ2n) is 8.22. The average Bonchev–Trinajstić information content (AvgIpc) is 2.89. The molecule has 0 saturated heterocycles. The molecule has 0 N–H and O–H groups in total. The van der Waals surface area contributed by atoms with E-state index in [1.54, 1.807) is 50.2 Å². The van der Waals surface area contributed by atoms with Gasteiger partial charge in [-0.3, -0.25) is 0 Å². The molecule has 0 heterocycles. The summed E-state index contributed by atoms with van der Waals surface area (Å²) < 4.78 is 25.2. The zero-order valence-corrected chi connectivity index (χ0v) is 20.7. The Hall–Kier alpha value is -4.87. The van der Waals surface area contributed by atoms with E-state index in [1.807, 2.05) is 24.3 Å². The summed E-state index contributed by atoms with van der Waals surface area (Å²) in [5.41, 5.74) is 4.06. The number of rotatable bonds is 6. The fraction of sp³-hybridized carbons (Fsp3) is 0.125. The predicted molar refractivity (Wildman–Crippen MR) is 140 cm³/mol. The first-order valence-corrected chi connectivity index (χ1v) is 11.4. The minimum atomic E-state index is -0.505. The van der Waals surface area contributed by atoms with Gasteiger partial charge in [-0.1, -0.05) is 73.2 Å². The molecule has 0 unspecified atom stereocenters. The van der Waals surface area contributed by atoms with Crippen molar-refractivity contribution in [2.24, 2.45) is 0 Å². The number of halogens is 1. The van der Waals surface area contributed by atoms with Crippen LogP contribution in [0.4, 0.5) is 4.39 Å². The van der Waals surface area contributed by atoms with Gasteiger partial charge >= 0.3 is 11.9 Å². The lowest BCUT2D eigenvalue weighted by Gasteiger charge is -2.06. The molecule has 0 radical (unpaired) electrons. The van der Waals surface area contributed by atoms with Gasteiger partial charge in [-0.05, 0) is 44.2 Å². The molecule has 3 rings (SSSR count). The largest absolute Gasteiger partial charge is 0.457 e. The van der Waals surface area contributed by atoms with Crippen molar-refractivity contribution in [2.45, 2.75) is 27.1 Å². The summed E-state index contributed by atoms with van der Waals surface area (Å²) in [6.07, 6.45) is 0. The summed E-state index contributed by atoms with van der Waals surface area (Å²) in [7, 11) is 0. The molecule has 0 aliphatic carbocycles. The van der Waals surface area contributed by atoms with Crippen LogP contribution >= 0.6 is 0 Å². The molecule has 3 aromatic carbocycles. The second kappa shape index (κ2) is 12.7. The van der Waals surface area contributed by atoms with Gasteiger partial charge in [0.2, 0.25) is 0 Å². The molecule has 184 valence electrons. The summed E-state index contributed by atoms with van der Waals surface area (Å²) >= 11 is 0. The maximum absolute atomic E-state index is 14.8. The lowest BCUT2D eigenvalue weighted by molar-refractivity contribution is -0.141. The lowest BCUT2D eigenvalue weighted by atomic mass is 10.1. The molecule has 5 heteroatoms. The van der Waals surface area contributed by atoms with Crippen LogP contribution in [-0.2, 0) is 32.3 Å². The third kappa shape index (κ3) is 7.82. The molecular formula is C32H25FO4. The van der Waals surface area contributed by atoms with Gasteiger partial charge in [0.15, 0.2) is 0 Å². The molecule has 0 fully saturated rings.